The molecule has 3 aromatic rings. The fraction of sp³-hybridized carbons (Fsp3) is 0.350. The van der Waals surface area contributed by atoms with Crippen LogP contribution >= 0.6 is 0 Å². The second kappa shape index (κ2) is 7.50. The highest BCUT2D eigenvalue weighted by atomic mass is 16.2. The summed E-state index contributed by atoms with van der Waals surface area (Å²) in [5.74, 6) is 0.770. The van der Waals surface area contributed by atoms with E-state index in [4.69, 9.17) is 0 Å². The van der Waals surface area contributed by atoms with Crippen molar-refractivity contribution in [3.63, 3.8) is 0 Å². The van der Waals surface area contributed by atoms with Gasteiger partial charge in [-0.2, -0.15) is 10.2 Å². The van der Waals surface area contributed by atoms with E-state index >= 15 is 0 Å². The van der Waals surface area contributed by atoms with Gasteiger partial charge < -0.3 is 10.2 Å². The summed E-state index contributed by atoms with van der Waals surface area (Å²) >= 11 is 0. The maximum atomic E-state index is 12.8. The SMILES string of the molecule is CC1(C)Cc2c(cnn2-c2ccccn2)CN(C(=O)NCc2ccc(=O)[nH]n2)C1. The van der Waals surface area contributed by atoms with Gasteiger partial charge in [-0.3, -0.25) is 4.79 Å². The molecule has 0 spiro atoms. The number of hydrogen-bond acceptors (Lipinski definition) is 5. The lowest BCUT2D eigenvalue weighted by atomic mass is 9.87. The van der Waals surface area contributed by atoms with Crippen LogP contribution in [0.15, 0.2) is 47.5 Å². The number of nitrogens with one attached hydrogen (secondary N) is 2. The van der Waals surface area contributed by atoms with Crippen LogP contribution in [0, 0.1) is 5.41 Å². The summed E-state index contributed by atoms with van der Waals surface area (Å²) in [6.45, 7) is 5.60. The number of hydrogen-bond donors (Lipinski definition) is 2. The predicted molar refractivity (Wildman–Crippen MR) is 106 cm³/mol. The van der Waals surface area contributed by atoms with Gasteiger partial charge in [0.2, 0.25) is 0 Å². The van der Waals surface area contributed by atoms with E-state index in [0.29, 0.717) is 18.8 Å². The first-order valence-corrected chi connectivity index (χ1v) is 9.46. The largest absolute Gasteiger partial charge is 0.332 e. The van der Waals surface area contributed by atoms with Crippen LogP contribution in [0.3, 0.4) is 0 Å². The summed E-state index contributed by atoms with van der Waals surface area (Å²) in [6.07, 6.45) is 4.34. The number of nitrogens with zero attached hydrogens (tertiary/aromatic N) is 5. The second-order valence-corrected chi connectivity index (χ2v) is 7.98. The van der Waals surface area contributed by atoms with Crippen LogP contribution in [0.1, 0.15) is 30.8 Å². The van der Waals surface area contributed by atoms with Crippen molar-refractivity contribution in [3.05, 3.63) is 70.0 Å². The molecule has 29 heavy (non-hydrogen) atoms. The Morgan fingerprint density at radius 1 is 1.28 bits per heavy atom. The minimum absolute atomic E-state index is 0.134. The lowest BCUT2D eigenvalue weighted by molar-refractivity contribution is 0.167. The predicted octanol–water partition coefficient (Wildman–Crippen LogP) is 1.64. The van der Waals surface area contributed by atoms with Gasteiger partial charge in [0.1, 0.15) is 0 Å². The summed E-state index contributed by atoms with van der Waals surface area (Å²) in [5, 5.41) is 13.7. The molecule has 1 aliphatic heterocycles. The normalized spacial score (nSPS) is 15.4. The molecule has 0 aromatic carbocycles. The molecule has 4 rings (SSSR count). The van der Waals surface area contributed by atoms with E-state index in [1.54, 1.807) is 17.2 Å². The second-order valence-electron chi connectivity index (χ2n) is 7.98. The van der Waals surface area contributed by atoms with Gasteiger partial charge in [-0.05, 0) is 30.0 Å². The summed E-state index contributed by atoms with van der Waals surface area (Å²) < 4.78 is 1.86. The topological polar surface area (TPSA) is 109 Å². The fourth-order valence-electron chi connectivity index (χ4n) is 3.59. The van der Waals surface area contributed by atoms with Gasteiger partial charge in [0.05, 0.1) is 30.7 Å². The van der Waals surface area contributed by atoms with Gasteiger partial charge in [0.25, 0.3) is 5.56 Å². The zero-order valence-electron chi connectivity index (χ0n) is 16.4. The maximum Gasteiger partial charge on any atom is 0.318 e. The van der Waals surface area contributed by atoms with Crippen molar-refractivity contribution in [1.82, 2.24) is 35.2 Å². The maximum absolute atomic E-state index is 12.8. The van der Waals surface area contributed by atoms with Crippen molar-refractivity contribution in [2.24, 2.45) is 5.41 Å². The molecule has 0 saturated heterocycles. The molecule has 3 aromatic heterocycles. The molecule has 2 N–H and O–H groups in total. The van der Waals surface area contributed by atoms with Crippen molar-refractivity contribution in [1.29, 1.82) is 0 Å². The molecule has 2 amide bonds. The van der Waals surface area contributed by atoms with E-state index < -0.39 is 0 Å². The number of aromatic nitrogens is 5. The van der Waals surface area contributed by atoms with E-state index in [9.17, 15) is 9.59 Å². The third kappa shape index (κ3) is 4.18. The van der Waals surface area contributed by atoms with Gasteiger partial charge in [-0.25, -0.2) is 19.6 Å². The number of carbonyl (C=O) groups is 1. The first-order valence-electron chi connectivity index (χ1n) is 9.46. The molecule has 9 heteroatoms. The number of H-pyrrole nitrogens is 1. The van der Waals surface area contributed by atoms with Crippen LogP contribution in [0.2, 0.25) is 0 Å². The van der Waals surface area contributed by atoms with Crippen molar-refractivity contribution < 1.29 is 4.79 Å². The molecule has 0 atom stereocenters. The molecule has 0 bridgehead atoms. The average Bonchev–Trinajstić information content (AvgIpc) is 3.02. The summed E-state index contributed by atoms with van der Waals surface area (Å²) in [5.41, 5.74) is 2.28. The van der Waals surface area contributed by atoms with E-state index in [0.717, 1.165) is 23.5 Å². The van der Waals surface area contributed by atoms with Gasteiger partial charge in [-0.1, -0.05) is 19.9 Å². The third-order valence-corrected chi connectivity index (χ3v) is 4.89. The Labute approximate surface area is 167 Å². The molecule has 9 nitrogen and oxygen atoms in total. The van der Waals surface area contributed by atoms with Gasteiger partial charge in [0.15, 0.2) is 5.82 Å². The molecular formula is C20H23N7O2. The van der Waals surface area contributed by atoms with Crippen molar-refractivity contribution in [2.75, 3.05) is 6.54 Å². The van der Waals surface area contributed by atoms with E-state index in [2.05, 4.69) is 39.4 Å². The molecule has 0 aliphatic carbocycles. The Morgan fingerprint density at radius 2 is 2.14 bits per heavy atom. The Kier molecular flexibility index (Phi) is 4.87. The van der Waals surface area contributed by atoms with Crippen molar-refractivity contribution in [2.45, 2.75) is 33.4 Å². The number of pyridine rings is 1. The molecule has 0 saturated carbocycles. The Balaban J connectivity index is 1.54. The van der Waals surface area contributed by atoms with Crippen molar-refractivity contribution in [3.8, 4) is 5.82 Å². The summed E-state index contributed by atoms with van der Waals surface area (Å²) in [7, 11) is 0. The molecule has 0 radical (unpaired) electrons. The van der Waals surface area contributed by atoms with Gasteiger partial charge in [0, 0.05) is 24.4 Å². The molecule has 1 aliphatic rings. The third-order valence-electron chi connectivity index (χ3n) is 4.89. The zero-order valence-corrected chi connectivity index (χ0v) is 16.4. The lowest BCUT2D eigenvalue weighted by Gasteiger charge is -2.29. The number of carbonyl (C=O) groups excluding carboxylic acids is 1. The van der Waals surface area contributed by atoms with Crippen LogP contribution in [-0.4, -0.2) is 42.4 Å². The quantitative estimate of drug-likeness (QED) is 0.703. The van der Waals surface area contributed by atoms with E-state index in [-0.39, 0.29) is 23.6 Å². The fourth-order valence-corrected chi connectivity index (χ4v) is 3.59. The van der Waals surface area contributed by atoms with Crippen LogP contribution < -0.4 is 10.9 Å². The molecule has 150 valence electrons. The number of aromatic amines is 1. The number of amides is 2. The van der Waals surface area contributed by atoms with E-state index in [1.165, 1.54) is 6.07 Å². The molecular weight excluding hydrogens is 370 g/mol. The summed E-state index contributed by atoms with van der Waals surface area (Å²) in [4.78, 5) is 30.2. The van der Waals surface area contributed by atoms with Crippen LogP contribution in [0.25, 0.3) is 5.82 Å². The highest BCUT2D eigenvalue weighted by Crippen LogP contribution is 2.31. The Morgan fingerprint density at radius 3 is 2.86 bits per heavy atom. The Bertz CT molecular complexity index is 1050. The first-order chi connectivity index (χ1) is 13.9. The standard InChI is InChI=1S/C20H23N7O2/c1-20(2)9-16-14(10-23-27(16)17-5-3-4-8-21-17)12-26(13-20)19(29)22-11-15-6-7-18(28)25-24-15/h3-8,10H,9,11-13H2,1-2H3,(H,22,29)(H,25,28). The molecule has 4 heterocycles. The monoisotopic (exact) mass is 393 g/mol. The van der Waals surface area contributed by atoms with Crippen LogP contribution in [-0.2, 0) is 19.5 Å². The number of urea groups is 1. The Hall–Kier alpha value is -3.49. The van der Waals surface area contributed by atoms with Crippen LogP contribution in [0.5, 0.6) is 0 Å². The van der Waals surface area contributed by atoms with E-state index in [1.807, 2.05) is 29.1 Å². The highest BCUT2D eigenvalue weighted by molar-refractivity contribution is 5.74. The summed E-state index contributed by atoms with van der Waals surface area (Å²) in [6, 6.07) is 8.54. The van der Waals surface area contributed by atoms with Gasteiger partial charge in [-0.15, -0.1) is 0 Å². The zero-order chi connectivity index (χ0) is 20.4. The average molecular weight is 393 g/mol. The molecule has 0 unspecified atom stereocenters. The lowest BCUT2D eigenvalue weighted by Crippen LogP contribution is -2.43. The molecule has 0 fully saturated rings. The minimum Gasteiger partial charge on any atom is -0.332 e. The number of fused-ring (bicyclic) bond motifs is 1. The smallest absolute Gasteiger partial charge is 0.318 e. The first kappa shape index (κ1) is 18.9. The van der Waals surface area contributed by atoms with Crippen molar-refractivity contribution >= 4 is 6.03 Å². The highest BCUT2D eigenvalue weighted by Gasteiger charge is 2.32. The number of rotatable bonds is 3. The van der Waals surface area contributed by atoms with Gasteiger partial charge >= 0.3 is 6.03 Å². The minimum atomic E-state index is -0.271. The van der Waals surface area contributed by atoms with Crippen LogP contribution in [0.4, 0.5) is 4.79 Å².